The van der Waals surface area contributed by atoms with Gasteiger partial charge in [-0.25, -0.2) is 0 Å². The summed E-state index contributed by atoms with van der Waals surface area (Å²) in [5, 5.41) is 10.9. The van der Waals surface area contributed by atoms with Crippen LogP contribution < -0.4 is 20.5 Å². The van der Waals surface area contributed by atoms with Crippen molar-refractivity contribution in [1.82, 2.24) is 5.32 Å². The molecule has 0 saturated heterocycles. The van der Waals surface area contributed by atoms with Crippen LogP contribution in [0.4, 0.5) is 0 Å². The smallest absolute Gasteiger partial charge is 0.255 e. The number of nitrogens with one attached hydrogen (secondary N) is 1. The highest BCUT2D eigenvalue weighted by Crippen LogP contribution is 2.36. The fraction of sp³-hybridized carbons (Fsp3) is 0.250. The number of hydrogen-bond acceptors (Lipinski definition) is 5. The van der Waals surface area contributed by atoms with E-state index in [0.717, 1.165) is 0 Å². The summed E-state index contributed by atoms with van der Waals surface area (Å²) in [4.78, 5) is 22.4. The van der Waals surface area contributed by atoms with Gasteiger partial charge in [-0.1, -0.05) is 11.6 Å². The number of nitrogens with zero attached hydrogens (tertiary/aromatic N) is 1. The molecule has 1 rings (SSSR count). The molecule has 3 N–H and O–H groups in total. The molecule has 1 aromatic rings. The molecule has 0 spiro atoms. The van der Waals surface area contributed by atoms with Crippen molar-refractivity contribution in [3.05, 3.63) is 22.7 Å². The van der Waals surface area contributed by atoms with Crippen LogP contribution in [-0.4, -0.2) is 32.1 Å². The molecule has 8 heteroatoms. The summed E-state index contributed by atoms with van der Waals surface area (Å²) in [6.45, 7) is -0.491. The number of methoxy groups -OCH3 is 1. The van der Waals surface area contributed by atoms with Crippen molar-refractivity contribution in [3.63, 3.8) is 0 Å². The maximum atomic E-state index is 11.7. The average Bonchev–Trinajstić information content (AvgIpc) is 2.42. The molecule has 0 unspecified atom stereocenters. The number of carbonyl (C=O) groups excluding carboxylic acids is 2. The van der Waals surface area contributed by atoms with Crippen LogP contribution in [0.25, 0.3) is 0 Å². The van der Waals surface area contributed by atoms with E-state index in [0.29, 0.717) is 0 Å². The Hall–Kier alpha value is -2.46. The van der Waals surface area contributed by atoms with Crippen molar-refractivity contribution in [2.45, 2.75) is 0 Å². The largest absolute Gasteiger partial charge is 0.493 e. The number of nitriles is 1. The third kappa shape index (κ3) is 4.03. The van der Waals surface area contributed by atoms with Crippen LogP contribution in [-0.2, 0) is 4.79 Å². The van der Waals surface area contributed by atoms with Crippen LogP contribution in [0.5, 0.6) is 11.5 Å². The average molecular weight is 298 g/mol. The normalized spacial score (nSPS) is 9.45. The Kier molecular flexibility index (Phi) is 5.62. The Morgan fingerprint density at radius 1 is 1.50 bits per heavy atom. The van der Waals surface area contributed by atoms with Gasteiger partial charge in [0.05, 0.1) is 18.2 Å². The van der Waals surface area contributed by atoms with Crippen molar-refractivity contribution in [1.29, 1.82) is 5.26 Å². The third-order valence-corrected chi connectivity index (χ3v) is 2.46. The standard InChI is InChI=1S/C12H12ClN3O4/c1-19-9-5-7(12(18)16-3-2-14)4-8(13)11(9)20-6-10(15)17/h4-5H,3,6H2,1H3,(H2,15,17)(H,16,18). The zero-order valence-corrected chi connectivity index (χ0v) is 11.4. The summed E-state index contributed by atoms with van der Waals surface area (Å²) in [7, 11) is 1.36. The predicted molar refractivity (Wildman–Crippen MR) is 70.6 cm³/mol. The van der Waals surface area contributed by atoms with Crippen molar-refractivity contribution in [3.8, 4) is 17.6 Å². The number of primary amides is 1. The first kappa shape index (κ1) is 15.6. The van der Waals surface area contributed by atoms with Gasteiger partial charge in [0.25, 0.3) is 11.8 Å². The molecule has 106 valence electrons. The number of halogens is 1. The van der Waals surface area contributed by atoms with E-state index >= 15 is 0 Å². The number of rotatable bonds is 6. The maximum Gasteiger partial charge on any atom is 0.255 e. The highest BCUT2D eigenvalue weighted by atomic mass is 35.5. The Morgan fingerprint density at radius 3 is 2.75 bits per heavy atom. The molecular formula is C12H12ClN3O4. The lowest BCUT2D eigenvalue weighted by atomic mass is 10.2. The highest BCUT2D eigenvalue weighted by Gasteiger charge is 2.16. The number of nitrogens with two attached hydrogens (primary N) is 1. The van der Waals surface area contributed by atoms with Gasteiger partial charge in [-0.3, -0.25) is 9.59 Å². The molecule has 20 heavy (non-hydrogen) atoms. The first-order chi connectivity index (χ1) is 9.49. The lowest BCUT2D eigenvalue weighted by molar-refractivity contribution is -0.119. The van der Waals surface area contributed by atoms with Crippen LogP contribution in [0, 0.1) is 11.3 Å². The number of ether oxygens (including phenoxy) is 2. The maximum absolute atomic E-state index is 11.7. The lowest BCUT2D eigenvalue weighted by Gasteiger charge is -2.13. The van der Waals surface area contributed by atoms with Crippen molar-refractivity contribution >= 4 is 23.4 Å². The van der Waals surface area contributed by atoms with E-state index in [-0.39, 0.29) is 35.2 Å². The van der Waals surface area contributed by atoms with E-state index in [1.807, 2.05) is 0 Å². The molecule has 0 aliphatic rings. The van der Waals surface area contributed by atoms with Gasteiger partial charge in [-0.05, 0) is 12.1 Å². The first-order valence-corrected chi connectivity index (χ1v) is 5.81. The topological polar surface area (TPSA) is 114 Å². The van der Waals surface area contributed by atoms with Crippen molar-refractivity contribution in [2.75, 3.05) is 20.3 Å². The van der Waals surface area contributed by atoms with Gasteiger partial charge in [-0.15, -0.1) is 0 Å². The molecule has 0 bridgehead atoms. The second-order valence-corrected chi connectivity index (χ2v) is 3.99. The van der Waals surface area contributed by atoms with E-state index in [4.69, 9.17) is 32.1 Å². The van der Waals surface area contributed by atoms with Gasteiger partial charge in [0.2, 0.25) is 0 Å². The number of benzene rings is 1. The zero-order chi connectivity index (χ0) is 15.1. The molecule has 0 aliphatic carbocycles. The summed E-state index contributed by atoms with van der Waals surface area (Å²) in [6, 6.07) is 4.51. The van der Waals surface area contributed by atoms with Crippen LogP contribution >= 0.6 is 11.6 Å². The second-order valence-electron chi connectivity index (χ2n) is 3.59. The molecule has 1 aromatic carbocycles. The summed E-state index contributed by atoms with van der Waals surface area (Å²) in [5.74, 6) is -0.849. The molecule has 0 aliphatic heterocycles. The molecule has 0 radical (unpaired) electrons. The second kappa shape index (κ2) is 7.21. The minimum Gasteiger partial charge on any atom is -0.493 e. The molecule has 0 aromatic heterocycles. The Morgan fingerprint density at radius 2 is 2.20 bits per heavy atom. The zero-order valence-electron chi connectivity index (χ0n) is 10.6. The van der Waals surface area contributed by atoms with Gasteiger partial charge < -0.3 is 20.5 Å². The van der Waals surface area contributed by atoms with Crippen LogP contribution in [0.3, 0.4) is 0 Å². The minimum absolute atomic E-state index is 0.0905. The van der Waals surface area contributed by atoms with E-state index in [2.05, 4.69) is 5.32 Å². The van der Waals surface area contributed by atoms with E-state index in [1.165, 1.54) is 19.2 Å². The number of hydrogen-bond donors (Lipinski definition) is 2. The van der Waals surface area contributed by atoms with Gasteiger partial charge in [0, 0.05) is 5.56 Å². The van der Waals surface area contributed by atoms with E-state index < -0.39 is 11.8 Å². The summed E-state index contributed by atoms with van der Waals surface area (Å²) < 4.78 is 10.2. The van der Waals surface area contributed by atoms with E-state index in [1.54, 1.807) is 6.07 Å². The first-order valence-electron chi connectivity index (χ1n) is 5.43. The molecule has 2 amide bonds. The predicted octanol–water partition coefficient (Wildman–Crippen LogP) is 0.466. The fourth-order valence-corrected chi connectivity index (χ4v) is 1.62. The molecule has 0 fully saturated rings. The molecule has 7 nitrogen and oxygen atoms in total. The Labute approximate surface area is 120 Å². The lowest BCUT2D eigenvalue weighted by Crippen LogP contribution is -2.24. The number of amides is 2. The molecule has 0 saturated carbocycles. The van der Waals surface area contributed by atoms with E-state index in [9.17, 15) is 9.59 Å². The van der Waals surface area contributed by atoms with Gasteiger partial charge in [-0.2, -0.15) is 5.26 Å². The van der Waals surface area contributed by atoms with Crippen LogP contribution in [0.1, 0.15) is 10.4 Å². The molecule has 0 heterocycles. The monoisotopic (exact) mass is 297 g/mol. The van der Waals surface area contributed by atoms with Crippen LogP contribution in [0.15, 0.2) is 12.1 Å². The van der Waals surface area contributed by atoms with Gasteiger partial charge >= 0.3 is 0 Å². The van der Waals surface area contributed by atoms with Crippen LogP contribution in [0.2, 0.25) is 5.02 Å². The Balaban J connectivity index is 3.03. The van der Waals surface area contributed by atoms with Crippen molar-refractivity contribution in [2.24, 2.45) is 5.73 Å². The Bertz CT molecular complexity index is 569. The fourth-order valence-electron chi connectivity index (χ4n) is 1.36. The van der Waals surface area contributed by atoms with Gasteiger partial charge in [0.15, 0.2) is 18.1 Å². The highest BCUT2D eigenvalue weighted by molar-refractivity contribution is 6.32. The number of carbonyl (C=O) groups is 2. The summed E-state index contributed by atoms with van der Waals surface area (Å²) >= 11 is 5.97. The quantitative estimate of drug-likeness (QED) is 0.741. The minimum atomic E-state index is -0.668. The van der Waals surface area contributed by atoms with Gasteiger partial charge in [0.1, 0.15) is 6.54 Å². The summed E-state index contributed by atoms with van der Waals surface area (Å²) in [6.07, 6.45) is 0. The third-order valence-electron chi connectivity index (χ3n) is 2.18. The SMILES string of the molecule is COc1cc(C(=O)NCC#N)cc(Cl)c1OCC(N)=O. The van der Waals surface area contributed by atoms with Crippen molar-refractivity contribution < 1.29 is 19.1 Å². The molecule has 0 atom stereocenters. The summed E-state index contributed by atoms with van der Waals surface area (Å²) in [5.41, 5.74) is 5.17. The molecular weight excluding hydrogens is 286 g/mol.